The van der Waals surface area contributed by atoms with Gasteiger partial charge in [0.25, 0.3) is 5.91 Å². The zero-order valence-corrected chi connectivity index (χ0v) is 21.6. The largest absolute Gasteiger partial charge is 0.472 e. The number of carbonyl (C=O) groups excluding carboxylic acids is 1. The minimum atomic E-state index is -3.93. The monoisotopic (exact) mass is 528 g/mol. The molecule has 1 aliphatic rings. The number of sulfonamides is 1. The molecule has 0 bridgehead atoms. The van der Waals surface area contributed by atoms with Gasteiger partial charge in [-0.05, 0) is 55.0 Å². The van der Waals surface area contributed by atoms with E-state index in [4.69, 9.17) is 4.74 Å². The predicted octanol–water partition coefficient (Wildman–Crippen LogP) is 2.82. The fourth-order valence-electron chi connectivity index (χ4n) is 4.16. The summed E-state index contributed by atoms with van der Waals surface area (Å²) in [6.45, 7) is 3.55. The lowest BCUT2D eigenvalue weighted by molar-refractivity contribution is 0.0373. The van der Waals surface area contributed by atoms with Gasteiger partial charge in [-0.25, -0.2) is 17.8 Å². The lowest BCUT2D eigenvalue weighted by atomic mass is 9.99. The molecule has 11 heteroatoms. The van der Waals surface area contributed by atoms with E-state index >= 15 is 0 Å². The van der Waals surface area contributed by atoms with Gasteiger partial charge in [-0.3, -0.25) is 9.78 Å². The van der Waals surface area contributed by atoms with Crippen molar-refractivity contribution in [2.75, 3.05) is 26.7 Å². The van der Waals surface area contributed by atoms with E-state index in [0.717, 1.165) is 22.0 Å². The minimum absolute atomic E-state index is 0.0381. The average Bonchev–Trinajstić information content (AvgIpc) is 2.90. The molecular formula is C26H29FN4O5S. The molecule has 0 aliphatic carbocycles. The van der Waals surface area contributed by atoms with Gasteiger partial charge in [0.15, 0.2) is 0 Å². The summed E-state index contributed by atoms with van der Waals surface area (Å²) in [5.41, 5.74) is 1.73. The van der Waals surface area contributed by atoms with Crippen LogP contribution in [0.2, 0.25) is 0 Å². The zero-order chi connectivity index (χ0) is 26.7. The molecule has 0 fully saturated rings. The lowest BCUT2D eigenvalue weighted by Crippen LogP contribution is -2.50. The number of aliphatic hydroxyl groups excluding tert-OH is 1. The number of amides is 1. The third-order valence-corrected chi connectivity index (χ3v) is 8.33. The van der Waals surface area contributed by atoms with Crippen LogP contribution in [0, 0.1) is 11.7 Å². The summed E-state index contributed by atoms with van der Waals surface area (Å²) in [6.07, 6.45) is 4.20. The minimum Gasteiger partial charge on any atom is -0.472 e. The lowest BCUT2D eigenvalue weighted by Gasteiger charge is -2.37. The Bertz CT molecular complexity index is 1360. The second-order valence-corrected chi connectivity index (χ2v) is 11.2. The van der Waals surface area contributed by atoms with Crippen molar-refractivity contribution in [3.63, 3.8) is 0 Å². The topological polar surface area (TPSA) is 113 Å². The van der Waals surface area contributed by atoms with E-state index in [-0.39, 0.29) is 47.9 Å². The van der Waals surface area contributed by atoms with Crippen LogP contribution in [-0.4, -0.2) is 77.5 Å². The van der Waals surface area contributed by atoms with E-state index in [1.165, 1.54) is 19.2 Å². The van der Waals surface area contributed by atoms with Crippen molar-refractivity contribution in [3.8, 4) is 17.0 Å². The van der Waals surface area contributed by atoms with E-state index < -0.39 is 28.0 Å². The average molecular weight is 529 g/mol. The number of benzene rings is 1. The molecular weight excluding hydrogens is 499 g/mol. The Balaban J connectivity index is 1.70. The Hall–Kier alpha value is -3.41. The number of aliphatic hydroxyl groups is 1. The number of hydrogen-bond acceptors (Lipinski definition) is 7. The van der Waals surface area contributed by atoms with E-state index in [2.05, 4.69) is 9.97 Å². The van der Waals surface area contributed by atoms with E-state index in [9.17, 15) is 22.7 Å². The van der Waals surface area contributed by atoms with Crippen molar-refractivity contribution in [2.45, 2.75) is 30.9 Å². The van der Waals surface area contributed by atoms with Gasteiger partial charge in [-0.15, -0.1) is 0 Å². The van der Waals surface area contributed by atoms with Crippen LogP contribution in [0.3, 0.4) is 0 Å². The highest BCUT2D eigenvalue weighted by Gasteiger charge is 2.36. The fourth-order valence-corrected chi connectivity index (χ4v) is 5.34. The molecule has 1 amide bonds. The number of likely N-dealkylation sites (N-methyl/N-ethyl adjacent to an activating group) is 1. The van der Waals surface area contributed by atoms with Gasteiger partial charge in [0, 0.05) is 43.7 Å². The maximum absolute atomic E-state index is 13.6. The molecule has 0 unspecified atom stereocenters. The van der Waals surface area contributed by atoms with Crippen molar-refractivity contribution in [3.05, 3.63) is 72.4 Å². The Labute approximate surface area is 215 Å². The molecule has 3 aromatic rings. The third-order valence-electron chi connectivity index (χ3n) is 6.49. The van der Waals surface area contributed by atoms with E-state index in [1.807, 2.05) is 6.92 Å². The van der Waals surface area contributed by atoms with Crippen molar-refractivity contribution in [2.24, 2.45) is 5.92 Å². The SMILES string of the molecule is C[C@@H]1CN([C@H](C)CO)C(=O)c2cc(-c3ccncc3)cnc2O[C@@H]1CN(C)S(=O)(=O)c1ccc(F)cc1. The molecule has 0 radical (unpaired) electrons. The van der Waals surface area contributed by atoms with Crippen LogP contribution in [0.25, 0.3) is 11.1 Å². The maximum atomic E-state index is 13.6. The maximum Gasteiger partial charge on any atom is 0.259 e. The number of ether oxygens (including phenoxy) is 1. The molecule has 1 aliphatic heterocycles. The van der Waals surface area contributed by atoms with Crippen LogP contribution in [0.4, 0.5) is 4.39 Å². The van der Waals surface area contributed by atoms with Gasteiger partial charge in [-0.1, -0.05) is 6.92 Å². The van der Waals surface area contributed by atoms with Gasteiger partial charge in [0.05, 0.1) is 24.1 Å². The number of hydrogen-bond donors (Lipinski definition) is 1. The Morgan fingerprint density at radius 3 is 2.51 bits per heavy atom. The molecule has 1 aromatic carbocycles. The number of carbonyl (C=O) groups is 1. The highest BCUT2D eigenvalue weighted by atomic mass is 32.2. The van der Waals surface area contributed by atoms with Gasteiger partial charge in [-0.2, -0.15) is 4.31 Å². The Kier molecular flexibility index (Phi) is 7.86. The molecule has 1 N–H and O–H groups in total. The predicted molar refractivity (Wildman–Crippen MR) is 135 cm³/mol. The second kappa shape index (κ2) is 10.9. The number of halogens is 1. The van der Waals surface area contributed by atoms with Gasteiger partial charge in [0.2, 0.25) is 15.9 Å². The first-order valence-corrected chi connectivity index (χ1v) is 13.3. The molecule has 0 saturated carbocycles. The quantitative estimate of drug-likeness (QED) is 0.502. The van der Waals surface area contributed by atoms with E-state index in [1.54, 1.807) is 48.6 Å². The van der Waals surface area contributed by atoms with Crippen LogP contribution in [-0.2, 0) is 10.0 Å². The molecule has 0 spiro atoms. The second-order valence-electron chi connectivity index (χ2n) is 9.17. The summed E-state index contributed by atoms with van der Waals surface area (Å²) in [4.78, 5) is 23.5. The first-order valence-electron chi connectivity index (χ1n) is 11.8. The molecule has 196 valence electrons. The summed E-state index contributed by atoms with van der Waals surface area (Å²) in [5.74, 6) is -1.09. The Morgan fingerprint density at radius 1 is 1.19 bits per heavy atom. The number of fused-ring (bicyclic) bond motifs is 1. The zero-order valence-electron chi connectivity index (χ0n) is 20.8. The van der Waals surface area contributed by atoms with Crippen LogP contribution >= 0.6 is 0 Å². The summed E-state index contributed by atoms with van der Waals surface area (Å²) in [7, 11) is -2.50. The normalized spacial score (nSPS) is 19.1. The fraction of sp³-hybridized carbons (Fsp3) is 0.346. The molecule has 37 heavy (non-hydrogen) atoms. The standard InChI is InChI=1S/C26H29FN4O5S/c1-17-14-31(18(2)16-32)26(33)23-12-20(19-8-10-28-11-9-19)13-29-25(23)36-24(17)15-30(3)37(34,35)22-6-4-21(27)5-7-22/h4-13,17-18,24,32H,14-16H2,1-3H3/t17-,18-,24-/m1/s1. The van der Waals surface area contributed by atoms with Crippen molar-refractivity contribution in [1.82, 2.24) is 19.2 Å². The van der Waals surface area contributed by atoms with Crippen LogP contribution in [0.15, 0.2) is 66.0 Å². The first-order chi connectivity index (χ1) is 17.6. The smallest absolute Gasteiger partial charge is 0.259 e. The van der Waals surface area contributed by atoms with Gasteiger partial charge >= 0.3 is 0 Å². The summed E-state index contributed by atoms with van der Waals surface area (Å²) in [6, 6.07) is 9.41. The highest BCUT2D eigenvalue weighted by Crippen LogP contribution is 2.30. The summed E-state index contributed by atoms with van der Waals surface area (Å²) >= 11 is 0. The van der Waals surface area contributed by atoms with Gasteiger partial charge < -0.3 is 14.7 Å². The van der Waals surface area contributed by atoms with Crippen molar-refractivity contribution >= 4 is 15.9 Å². The number of aromatic nitrogens is 2. The molecule has 3 heterocycles. The molecule has 9 nitrogen and oxygen atoms in total. The number of rotatable bonds is 7. The highest BCUT2D eigenvalue weighted by molar-refractivity contribution is 7.89. The summed E-state index contributed by atoms with van der Waals surface area (Å²) < 4.78 is 46.9. The number of pyridine rings is 2. The Morgan fingerprint density at radius 2 is 1.86 bits per heavy atom. The summed E-state index contributed by atoms with van der Waals surface area (Å²) in [5, 5.41) is 9.84. The number of nitrogens with zero attached hydrogens (tertiary/aromatic N) is 4. The van der Waals surface area contributed by atoms with Crippen LogP contribution < -0.4 is 4.74 Å². The van der Waals surface area contributed by atoms with Crippen LogP contribution in [0.5, 0.6) is 5.88 Å². The molecule has 2 aromatic heterocycles. The molecule has 4 rings (SSSR count). The van der Waals surface area contributed by atoms with Crippen molar-refractivity contribution < 1.29 is 27.4 Å². The first kappa shape index (κ1) is 26.6. The van der Waals surface area contributed by atoms with Gasteiger partial charge in [0.1, 0.15) is 17.5 Å². The molecule has 3 atom stereocenters. The van der Waals surface area contributed by atoms with Crippen molar-refractivity contribution in [1.29, 1.82) is 0 Å². The third kappa shape index (κ3) is 5.63. The van der Waals surface area contributed by atoms with E-state index in [0.29, 0.717) is 5.56 Å². The van der Waals surface area contributed by atoms with Crippen LogP contribution in [0.1, 0.15) is 24.2 Å². The molecule has 0 saturated heterocycles.